The number of fused-ring (bicyclic) bond motifs is 1. The van der Waals surface area contributed by atoms with E-state index in [9.17, 15) is 9.59 Å². The molecule has 7 nitrogen and oxygen atoms in total. The minimum absolute atomic E-state index is 0.0667. The van der Waals surface area contributed by atoms with Gasteiger partial charge in [0, 0.05) is 17.0 Å². The number of ether oxygens (including phenoxy) is 1. The van der Waals surface area contributed by atoms with Gasteiger partial charge in [-0.25, -0.2) is 9.78 Å². The molecule has 8 heteroatoms. The third-order valence-electron chi connectivity index (χ3n) is 6.80. The van der Waals surface area contributed by atoms with E-state index in [0.717, 1.165) is 35.3 Å². The number of likely N-dealkylation sites (tertiary alicyclic amines) is 1. The number of aromatic nitrogens is 2. The van der Waals surface area contributed by atoms with Gasteiger partial charge < -0.3 is 19.9 Å². The van der Waals surface area contributed by atoms with E-state index in [1.165, 1.54) is 22.9 Å². The van der Waals surface area contributed by atoms with Gasteiger partial charge in [-0.3, -0.25) is 4.79 Å². The predicted octanol–water partition coefficient (Wildman–Crippen LogP) is 6.00. The number of H-pyrrole nitrogens is 1. The molecule has 0 spiro atoms. The molecule has 5 rings (SSSR count). The molecular formula is C28H30N4O3S. The highest BCUT2D eigenvalue weighted by Gasteiger charge is 2.37. The number of hydrogen-bond acceptors (Lipinski definition) is 5. The van der Waals surface area contributed by atoms with E-state index in [1.54, 1.807) is 11.3 Å². The van der Waals surface area contributed by atoms with Crippen LogP contribution < -0.4 is 5.32 Å². The van der Waals surface area contributed by atoms with Gasteiger partial charge >= 0.3 is 6.09 Å². The van der Waals surface area contributed by atoms with Crippen molar-refractivity contribution in [3.05, 3.63) is 65.9 Å². The number of benzene rings is 2. The number of thiophene rings is 1. The number of carbonyl (C=O) groups excluding carboxylic acids is 2. The zero-order valence-electron chi connectivity index (χ0n) is 20.7. The predicted molar refractivity (Wildman–Crippen MR) is 143 cm³/mol. The molecule has 1 fully saturated rings. The van der Waals surface area contributed by atoms with Crippen molar-refractivity contribution in [2.24, 2.45) is 5.92 Å². The monoisotopic (exact) mass is 502 g/mol. The molecule has 2 aromatic heterocycles. The Kier molecular flexibility index (Phi) is 6.78. The van der Waals surface area contributed by atoms with Crippen molar-refractivity contribution in [2.45, 2.75) is 38.8 Å². The van der Waals surface area contributed by atoms with E-state index in [1.807, 2.05) is 24.9 Å². The fourth-order valence-electron chi connectivity index (χ4n) is 4.85. The van der Waals surface area contributed by atoms with Crippen LogP contribution in [0.5, 0.6) is 0 Å². The van der Waals surface area contributed by atoms with Crippen LogP contribution in [0.4, 0.5) is 4.79 Å². The normalized spacial score (nSPS) is 16.4. The van der Waals surface area contributed by atoms with Crippen molar-refractivity contribution in [1.29, 1.82) is 0 Å². The van der Waals surface area contributed by atoms with Crippen molar-refractivity contribution < 1.29 is 14.3 Å². The summed E-state index contributed by atoms with van der Waals surface area (Å²) in [5.74, 6) is 0.593. The topological polar surface area (TPSA) is 87.3 Å². The first-order chi connectivity index (χ1) is 17.4. The maximum atomic E-state index is 13.4. The Morgan fingerprint density at radius 2 is 1.89 bits per heavy atom. The first kappa shape index (κ1) is 24.1. The molecule has 0 radical (unpaired) electrons. The van der Waals surface area contributed by atoms with Crippen LogP contribution in [-0.4, -0.2) is 46.6 Å². The van der Waals surface area contributed by atoms with Gasteiger partial charge in [-0.05, 0) is 58.7 Å². The summed E-state index contributed by atoms with van der Waals surface area (Å²) < 4.78 is 4.72. The SMILES string of the molecule is COC(=O)N[C@H](C(=O)N1CCC[C@H]1c1ncc(-c2ccc3cc(-c4cccs4)ccc3c2)[nH]1)C(C)C. The summed E-state index contributed by atoms with van der Waals surface area (Å²) in [4.78, 5) is 36.4. The van der Waals surface area contributed by atoms with Gasteiger partial charge in [-0.2, -0.15) is 0 Å². The van der Waals surface area contributed by atoms with Gasteiger partial charge in [-0.1, -0.05) is 44.2 Å². The highest BCUT2D eigenvalue weighted by Crippen LogP contribution is 2.34. The van der Waals surface area contributed by atoms with Crippen LogP contribution in [-0.2, 0) is 9.53 Å². The number of aromatic amines is 1. The lowest BCUT2D eigenvalue weighted by atomic mass is 10.0. The van der Waals surface area contributed by atoms with Gasteiger partial charge in [0.1, 0.15) is 11.9 Å². The quantitative estimate of drug-likeness (QED) is 0.338. The number of carbonyl (C=O) groups is 2. The summed E-state index contributed by atoms with van der Waals surface area (Å²) in [6, 6.07) is 16.3. The van der Waals surface area contributed by atoms with Gasteiger partial charge in [-0.15, -0.1) is 11.3 Å². The molecule has 2 aromatic carbocycles. The van der Waals surface area contributed by atoms with E-state index < -0.39 is 12.1 Å². The Balaban J connectivity index is 1.37. The summed E-state index contributed by atoms with van der Waals surface area (Å²) in [5, 5.41) is 7.14. The van der Waals surface area contributed by atoms with Crippen molar-refractivity contribution >= 4 is 34.1 Å². The molecule has 0 unspecified atom stereocenters. The molecule has 0 saturated carbocycles. The van der Waals surface area contributed by atoms with Crippen molar-refractivity contribution in [1.82, 2.24) is 20.2 Å². The van der Waals surface area contributed by atoms with Crippen LogP contribution in [0.2, 0.25) is 0 Å². The van der Waals surface area contributed by atoms with Crippen molar-refractivity contribution in [3.8, 4) is 21.7 Å². The van der Waals surface area contributed by atoms with Gasteiger partial charge in [0.05, 0.1) is 25.0 Å². The lowest BCUT2D eigenvalue weighted by Crippen LogP contribution is -2.51. The molecule has 4 aromatic rings. The Morgan fingerprint density at radius 3 is 2.58 bits per heavy atom. The molecule has 3 heterocycles. The second-order valence-corrected chi connectivity index (χ2v) is 10.4. The van der Waals surface area contributed by atoms with Crippen LogP contribution in [0.15, 0.2) is 60.1 Å². The molecular weight excluding hydrogens is 472 g/mol. The highest BCUT2D eigenvalue weighted by atomic mass is 32.1. The van der Waals surface area contributed by atoms with Crippen molar-refractivity contribution in [2.75, 3.05) is 13.7 Å². The third kappa shape index (κ3) is 4.73. The largest absolute Gasteiger partial charge is 0.453 e. The van der Waals surface area contributed by atoms with Crippen molar-refractivity contribution in [3.63, 3.8) is 0 Å². The van der Waals surface area contributed by atoms with E-state index >= 15 is 0 Å². The maximum Gasteiger partial charge on any atom is 0.407 e. The lowest BCUT2D eigenvalue weighted by Gasteiger charge is -2.30. The molecule has 1 aliphatic heterocycles. The number of hydrogen-bond donors (Lipinski definition) is 2. The highest BCUT2D eigenvalue weighted by molar-refractivity contribution is 7.13. The number of rotatable bonds is 6. The van der Waals surface area contributed by atoms with E-state index in [2.05, 4.69) is 69.2 Å². The van der Waals surface area contributed by atoms with Gasteiger partial charge in [0.15, 0.2) is 0 Å². The number of methoxy groups -OCH3 is 1. The molecule has 186 valence electrons. The molecule has 1 aliphatic rings. The summed E-state index contributed by atoms with van der Waals surface area (Å²) in [5.41, 5.74) is 3.19. The van der Waals surface area contributed by atoms with Gasteiger partial charge in [0.2, 0.25) is 5.91 Å². The molecule has 2 N–H and O–H groups in total. The summed E-state index contributed by atoms with van der Waals surface area (Å²) >= 11 is 1.74. The molecule has 2 amide bonds. The van der Waals surface area contributed by atoms with E-state index in [4.69, 9.17) is 4.74 Å². The number of nitrogens with one attached hydrogen (secondary N) is 2. The summed E-state index contributed by atoms with van der Waals surface area (Å²) in [6.45, 7) is 4.46. The molecule has 2 atom stereocenters. The molecule has 0 aliphatic carbocycles. The first-order valence-corrected chi connectivity index (χ1v) is 13.1. The standard InChI is InChI=1S/C28H30N4O3S/c1-17(2)25(31-28(34)35-3)27(33)32-12-4-6-23(32)26-29-16-22(30-26)20-10-8-19-15-21(11-9-18(19)14-20)24-7-5-13-36-24/h5,7-11,13-17,23,25H,4,6,12H2,1-3H3,(H,29,30)(H,31,34)/t23-,25-/m0/s1. The number of imidazole rings is 1. The smallest absolute Gasteiger partial charge is 0.407 e. The third-order valence-corrected chi connectivity index (χ3v) is 7.71. The number of nitrogens with zero attached hydrogens (tertiary/aromatic N) is 2. The van der Waals surface area contributed by atoms with Crippen LogP contribution >= 0.6 is 11.3 Å². The second kappa shape index (κ2) is 10.1. The second-order valence-electron chi connectivity index (χ2n) is 9.48. The number of amides is 2. The summed E-state index contributed by atoms with van der Waals surface area (Å²) in [6.07, 6.45) is 2.95. The minimum atomic E-state index is -0.646. The van der Waals surface area contributed by atoms with Crippen LogP contribution in [0.3, 0.4) is 0 Å². The zero-order chi connectivity index (χ0) is 25.2. The maximum absolute atomic E-state index is 13.4. The lowest BCUT2D eigenvalue weighted by molar-refractivity contribution is -0.135. The minimum Gasteiger partial charge on any atom is -0.453 e. The average molecular weight is 503 g/mol. The van der Waals surface area contributed by atoms with E-state index in [0.29, 0.717) is 6.54 Å². The van der Waals surface area contributed by atoms with Crippen LogP contribution in [0.25, 0.3) is 32.5 Å². The number of alkyl carbamates (subject to hydrolysis) is 1. The van der Waals surface area contributed by atoms with Crippen LogP contribution in [0, 0.1) is 5.92 Å². The molecule has 0 bridgehead atoms. The fourth-order valence-corrected chi connectivity index (χ4v) is 5.58. The Bertz CT molecular complexity index is 1380. The van der Waals surface area contributed by atoms with Gasteiger partial charge in [0.25, 0.3) is 0 Å². The first-order valence-electron chi connectivity index (χ1n) is 12.2. The molecule has 1 saturated heterocycles. The fraction of sp³-hybridized carbons (Fsp3) is 0.321. The Morgan fingerprint density at radius 1 is 1.14 bits per heavy atom. The average Bonchev–Trinajstić information content (AvgIpc) is 3.67. The zero-order valence-corrected chi connectivity index (χ0v) is 21.5. The van der Waals surface area contributed by atoms with E-state index in [-0.39, 0.29) is 17.9 Å². The Hall–Kier alpha value is -3.65. The Labute approximate surface area is 214 Å². The molecule has 36 heavy (non-hydrogen) atoms. The van der Waals surface area contributed by atoms with Crippen LogP contribution in [0.1, 0.15) is 38.6 Å². The summed E-state index contributed by atoms with van der Waals surface area (Å²) in [7, 11) is 1.30.